The first-order valence-electron chi connectivity index (χ1n) is 8.49. The number of aliphatic hydroxyl groups is 1. The van der Waals surface area contributed by atoms with Gasteiger partial charge >= 0.3 is 0 Å². The van der Waals surface area contributed by atoms with Crippen molar-refractivity contribution >= 4 is 12.4 Å². The Morgan fingerprint density at radius 1 is 0.923 bits per heavy atom. The first kappa shape index (κ1) is 24.2. The molecule has 2 rings (SSSR count). The first-order valence-corrected chi connectivity index (χ1v) is 8.49. The summed E-state index contributed by atoms with van der Waals surface area (Å²) in [4.78, 5) is 2.17. The van der Waals surface area contributed by atoms with E-state index >= 15 is 0 Å². The lowest BCUT2D eigenvalue weighted by atomic mass is 10.2. The van der Waals surface area contributed by atoms with Gasteiger partial charge < -0.3 is 25.0 Å². The molecule has 146 valence electrons. The zero-order chi connectivity index (χ0) is 17.4. The van der Waals surface area contributed by atoms with Crippen LogP contribution >= 0.6 is 12.4 Å². The number of rotatable bonds is 9. The number of benzene rings is 2. The lowest BCUT2D eigenvalue weighted by molar-refractivity contribution is 0.0708. The highest BCUT2D eigenvalue weighted by atomic mass is 35.5. The molecular weight excluding hydrogens is 354 g/mol. The molecule has 1 atom stereocenters. The molecule has 0 radical (unpaired) electrons. The quantitative estimate of drug-likeness (QED) is 0.719. The molecule has 0 saturated heterocycles. The minimum absolute atomic E-state index is 0. The number of halogens is 1. The number of aliphatic hydroxyl groups excluding tert-OH is 1. The number of ether oxygens (including phenoxy) is 2. The van der Waals surface area contributed by atoms with Crippen molar-refractivity contribution in [1.29, 1.82) is 0 Å². The zero-order valence-corrected chi connectivity index (χ0v) is 16.5. The Balaban J connectivity index is 0.00000312. The Labute approximate surface area is 162 Å². The molecule has 0 amide bonds. The van der Waals surface area contributed by atoms with E-state index in [2.05, 4.69) is 18.7 Å². The molecule has 0 bridgehead atoms. The van der Waals surface area contributed by atoms with Crippen LogP contribution in [0.4, 0.5) is 0 Å². The Morgan fingerprint density at radius 2 is 1.46 bits per heavy atom. The van der Waals surface area contributed by atoms with Gasteiger partial charge in [-0.25, -0.2) is 0 Å². The minimum atomic E-state index is -0.531. The summed E-state index contributed by atoms with van der Waals surface area (Å²) in [6.07, 6.45) is -0.531. The van der Waals surface area contributed by atoms with Crippen LogP contribution in [0, 0.1) is 6.92 Å². The van der Waals surface area contributed by atoms with Crippen molar-refractivity contribution in [1.82, 2.24) is 4.90 Å². The van der Waals surface area contributed by atoms with Crippen molar-refractivity contribution < 1.29 is 20.1 Å². The van der Waals surface area contributed by atoms with Crippen LogP contribution in [-0.4, -0.2) is 47.8 Å². The maximum Gasteiger partial charge on any atom is 0.169 e. The maximum absolute atomic E-state index is 10.2. The molecule has 0 heterocycles. The van der Waals surface area contributed by atoms with E-state index in [4.69, 9.17) is 9.47 Å². The fourth-order valence-corrected chi connectivity index (χ4v) is 2.46. The first-order chi connectivity index (χ1) is 11.6. The highest BCUT2D eigenvalue weighted by Crippen LogP contribution is 2.32. The summed E-state index contributed by atoms with van der Waals surface area (Å²) in [7, 11) is 0. The average Bonchev–Trinajstić information content (AvgIpc) is 2.61. The van der Waals surface area contributed by atoms with Crippen LogP contribution in [0.1, 0.15) is 19.4 Å². The number of likely N-dealkylation sites (N-methyl/N-ethyl adjacent to an activating group) is 1. The van der Waals surface area contributed by atoms with Crippen LogP contribution in [0.3, 0.4) is 0 Å². The highest BCUT2D eigenvalue weighted by molar-refractivity contribution is 5.85. The van der Waals surface area contributed by atoms with E-state index in [9.17, 15) is 5.11 Å². The molecule has 1 unspecified atom stereocenters. The summed E-state index contributed by atoms with van der Waals surface area (Å²) in [6, 6.07) is 15.4. The molecule has 0 aliphatic heterocycles. The van der Waals surface area contributed by atoms with Crippen LogP contribution in [0.2, 0.25) is 0 Å². The molecule has 2 aromatic carbocycles. The number of hydrogen-bond donors (Lipinski definition) is 1. The summed E-state index contributed by atoms with van der Waals surface area (Å²) in [5.74, 6) is 2.10. The van der Waals surface area contributed by atoms with Gasteiger partial charge in [0.25, 0.3) is 0 Å². The largest absolute Gasteiger partial charge is 0.487 e. The Kier molecular flexibility index (Phi) is 11.7. The van der Waals surface area contributed by atoms with Gasteiger partial charge in [0.15, 0.2) is 11.5 Å². The topological polar surface area (TPSA) is 73.4 Å². The number of aryl methyl sites for hydroxylation is 1. The number of nitrogens with zero attached hydrogens (tertiary/aromatic N) is 1. The smallest absolute Gasteiger partial charge is 0.169 e. The normalized spacial score (nSPS) is 11.3. The van der Waals surface area contributed by atoms with Crippen LogP contribution in [0.5, 0.6) is 17.2 Å². The van der Waals surface area contributed by atoms with E-state index in [-0.39, 0.29) is 24.5 Å². The molecule has 3 N–H and O–H groups in total. The summed E-state index contributed by atoms with van der Waals surface area (Å²) in [5, 5.41) is 10.2. The molecule has 0 aliphatic carbocycles. The molecule has 0 aromatic heterocycles. The van der Waals surface area contributed by atoms with E-state index in [0.717, 1.165) is 24.4 Å². The second kappa shape index (κ2) is 12.5. The fraction of sp³-hybridized carbons (Fsp3) is 0.400. The van der Waals surface area contributed by atoms with Gasteiger partial charge in [-0.1, -0.05) is 44.2 Å². The van der Waals surface area contributed by atoms with E-state index in [1.165, 1.54) is 0 Å². The van der Waals surface area contributed by atoms with Gasteiger partial charge in [-0.2, -0.15) is 0 Å². The predicted molar refractivity (Wildman–Crippen MR) is 108 cm³/mol. The minimum Gasteiger partial charge on any atom is -0.487 e. The zero-order valence-electron chi connectivity index (χ0n) is 15.6. The third kappa shape index (κ3) is 7.22. The standard InChI is InChI=1S/C20H27NO3.ClH.H2O/c1-4-21(5-2)14-17(22)15-23-19-12-8-9-13-20(19)24-18-11-7-6-10-16(18)3;;/h6-13,17,22H,4-5,14-15H2,1-3H3;1H;1H2. The average molecular weight is 384 g/mol. The maximum atomic E-state index is 10.2. The van der Waals surface area contributed by atoms with E-state index < -0.39 is 6.10 Å². The Bertz CT molecular complexity index is 635. The lowest BCUT2D eigenvalue weighted by Crippen LogP contribution is -2.35. The van der Waals surface area contributed by atoms with E-state index in [0.29, 0.717) is 18.0 Å². The van der Waals surface area contributed by atoms with Crippen molar-refractivity contribution in [3.8, 4) is 17.2 Å². The summed E-state index contributed by atoms with van der Waals surface area (Å²) < 4.78 is 11.8. The van der Waals surface area contributed by atoms with Crippen molar-refractivity contribution in [2.45, 2.75) is 26.9 Å². The Morgan fingerprint density at radius 3 is 2.04 bits per heavy atom. The van der Waals surface area contributed by atoms with E-state index in [1.54, 1.807) is 0 Å². The van der Waals surface area contributed by atoms with Crippen molar-refractivity contribution in [3.05, 3.63) is 54.1 Å². The number of hydrogen-bond acceptors (Lipinski definition) is 4. The summed E-state index contributed by atoms with van der Waals surface area (Å²) in [5.41, 5.74) is 1.06. The third-order valence-corrected chi connectivity index (χ3v) is 3.96. The van der Waals surface area contributed by atoms with Gasteiger partial charge in [-0.3, -0.25) is 0 Å². The summed E-state index contributed by atoms with van der Waals surface area (Å²) in [6.45, 7) is 8.86. The van der Waals surface area contributed by atoms with Crippen LogP contribution in [0.15, 0.2) is 48.5 Å². The monoisotopic (exact) mass is 383 g/mol. The molecule has 2 aromatic rings. The molecule has 5 nitrogen and oxygen atoms in total. The predicted octanol–water partition coefficient (Wildman–Crippen LogP) is 3.47. The highest BCUT2D eigenvalue weighted by Gasteiger charge is 2.12. The van der Waals surface area contributed by atoms with Gasteiger partial charge in [0.05, 0.1) is 0 Å². The van der Waals surface area contributed by atoms with E-state index in [1.807, 2.05) is 55.5 Å². The van der Waals surface area contributed by atoms with Gasteiger partial charge in [-0.05, 0) is 43.8 Å². The molecule has 0 fully saturated rings. The molecular formula is C20H30ClNO4. The lowest BCUT2D eigenvalue weighted by Gasteiger charge is -2.22. The molecule has 26 heavy (non-hydrogen) atoms. The van der Waals surface area contributed by atoms with Crippen LogP contribution in [-0.2, 0) is 0 Å². The SMILES string of the molecule is CCN(CC)CC(O)COc1ccccc1Oc1ccccc1C.Cl.O. The fourth-order valence-electron chi connectivity index (χ4n) is 2.46. The van der Waals surface area contributed by atoms with Gasteiger partial charge in [-0.15, -0.1) is 12.4 Å². The van der Waals surface area contributed by atoms with Gasteiger partial charge in [0.2, 0.25) is 0 Å². The number of para-hydroxylation sites is 3. The second-order valence-corrected chi connectivity index (χ2v) is 5.76. The summed E-state index contributed by atoms with van der Waals surface area (Å²) >= 11 is 0. The Hall–Kier alpha value is -1.79. The molecule has 0 saturated carbocycles. The van der Waals surface area contributed by atoms with Crippen molar-refractivity contribution in [2.75, 3.05) is 26.2 Å². The molecule has 0 aliphatic rings. The van der Waals surface area contributed by atoms with Crippen molar-refractivity contribution in [3.63, 3.8) is 0 Å². The van der Waals surface area contributed by atoms with Crippen molar-refractivity contribution in [2.24, 2.45) is 0 Å². The van der Waals surface area contributed by atoms with Crippen LogP contribution < -0.4 is 9.47 Å². The van der Waals surface area contributed by atoms with Gasteiger partial charge in [0, 0.05) is 6.54 Å². The molecule has 6 heteroatoms. The second-order valence-electron chi connectivity index (χ2n) is 5.76. The molecule has 0 spiro atoms. The third-order valence-electron chi connectivity index (χ3n) is 3.96. The van der Waals surface area contributed by atoms with Crippen LogP contribution in [0.25, 0.3) is 0 Å². The van der Waals surface area contributed by atoms with Gasteiger partial charge in [0.1, 0.15) is 18.5 Å².